The summed E-state index contributed by atoms with van der Waals surface area (Å²) in [4.78, 5) is 13.9. The summed E-state index contributed by atoms with van der Waals surface area (Å²) in [5.74, 6) is 0.358. The molecule has 2 aromatic carbocycles. The molecule has 0 spiro atoms. The lowest BCUT2D eigenvalue weighted by Crippen LogP contribution is -2.44. The first-order valence-electron chi connectivity index (χ1n) is 10.6. The number of nitrogens with zero attached hydrogens (tertiary/aromatic N) is 5. The molecule has 8 nitrogen and oxygen atoms in total. The zero-order valence-electron chi connectivity index (χ0n) is 18.4. The second-order valence-electron chi connectivity index (χ2n) is 8.73. The molecular formula is C23H26FN5O3. The number of amides is 1. The van der Waals surface area contributed by atoms with Crippen molar-refractivity contribution in [2.45, 2.75) is 45.3 Å². The molecule has 0 aliphatic carbocycles. The molecule has 3 aromatic rings. The van der Waals surface area contributed by atoms with Crippen LogP contribution < -0.4 is 4.74 Å². The van der Waals surface area contributed by atoms with Crippen LogP contribution in [0, 0.1) is 5.82 Å². The third kappa shape index (κ3) is 5.22. The highest BCUT2D eigenvalue weighted by Gasteiger charge is 2.27. The van der Waals surface area contributed by atoms with Gasteiger partial charge in [-0.1, -0.05) is 12.1 Å². The third-order valence-corrected chi connectivity index (χ3v) is 5.13. The van der Waals surface area contributed by atoms with E-state index in [0.29, 0.717) is 24.3 Å². The number of carbonyl (C=O) groups excluding carboxylic acids is 1. The predicted molar refractivity (Wildman–Crippen MR) is 116 cm³/mol. The van der Waals surface area contributed by atoms with E-state index in [2.05, 4.69) is 15.5 Å². The third-order valence-electron chi connectivity index (χ3n) is 5.13. The quantitative estimate of drug-likeness (QED) is 0.605. The fourth-order valence-electron chi connectivity index (χ4n) is 3.55. The Kier molecular flexibility index (Phi) is 6.07. The van der Waals surface area contributed by atoms with Crippen molar-refractivity contribution in [1.29, 1.82) is 0 Å². The molecule has 32 heavy (non-hydrogen) atoms. The summed E-state index contributed by atoms with van der Waals surface area (Å²) < 4.78 is 27.6. The summed E-state index contributed by atoms with van der Waals surface area (Å²) in [7, 11) is 0. The second-order valence-corrected chi connectivity index (χ2v) is 8.73. The second kappa shape index (κ2) is 8.94. The first-order chi connectivity index (χ1) is 15.3. The van der Waals surface area contributed by atoms with Gasteiger partial charge in [0.2, 0.25) is 0 Å². The minimum Gasteiger partial charge on any atom is -0.490 e. The molecule has 0 saturated carbocycles. The number of hydrogen-bond acceptors (Lipinski definition) is 6. The monoisotopic (exact) mass is 439 g/mol. The van der Waals surface area contributed by atoms with Crippen LogP contribution in [0.25, 0.3) is 16.8 Å². The lowest BCUT2D eigenvalue weighted by atomic mass is 10.0. The van der Waals surface area contributed by atoms with Crippen molar-refractivity contribution >= 4 is 6.09 Å². The van der Waals surface area contributed by atoms with Crippen LogP contribution >= 0.6 is 0 Å². The average molecular weight is 439 g/mol. The van der Waals surface area contributed by atoms with Gasteiger partial charge in [-0.05, 0) is 61.0 Å². The standard InChI is InChI=1S/C23H26FN5O3/c1-23(2,3)32-22(30)28-12-10-19(11-13-28)31-18-7-4-16(5-8-18)20-9-6-17(14-21(20)24)29-15-25-26-27-29/h4-9,14-15,19H,10-13H2,1-3H3. The molecule has 1 amide bonds. The molecule has 1 aromatic heterocycles. The minimum absolute atomic E-state index is 0.0202. The van der Waals surface area contributed by atoms with Gasteiger partial charge >= 0.3 is 6.09 Å². The zero-order chi connectivity index (χ0) is 22.7. The van der Waals surface area contributed by atoms with E-state index in [1.807, 2.05) is 45.0 Å². The van der Waals surface area contributed by atoms with Crippen molar-refractivity contribution in [2.24, 2.45) is 0 Å². The molecule has 1 fully saturated rings. The Morgan fingerprint density at radius 2 is 1.81 bits per heavy atom. The highest BCUT2D eigenvalue weighted by atomic mass is 19.1. The molecule has 1 aliphatic rings. The number of piperidine rings is 1. The number of halogens is 1. The number of tetrazole rings is 1. The maximum absolute atomic E-state index is 14.7. The Balaban J connectivity index is 1.34. The van der Waals surface area contributed by atoms with Gasteiger partial charge in [-0.2, -0.15) is 0 Å². The van der Waals surface area contributed by atoms with Crippen LogP contribution in [0.3, 0.4) is 0 Å². The summed E-state index contributed by atoms with van der Waals surface area (Å²) in [5, 5.41) is 10.9. The van der Waals surface area contributed by atoms with E-state index < -0.39 is 5.60 Å². The molecular weight excluding hydrogens is 413 g/mol. The highest BCUT2D eigenvalue weighted by molar-refractivity contribution is 5.68. The number of hydrogen-bond donors (Lipinski definition) is 0. The first-order valence-corrected chi connectivity index (χ1v) is 10.6. The van der Waals surface area contributed by atoms with Crippen LogP contribution in [-0.4, -0.2) is 56.0 Å². The molecule has 168 valence electrons. The van der Waals surface area contributed by atoms with Crippen LogP contribution in [0.2, 0.25) is 0 Å². The molecule has 1 saturated heterocycles. The van der Waals surface area contributed by atoms with Gasteiger partial charge in [0, 0.05) is 37.6 Å². The molecule has 0 radical (unpaired) electrons. The van der Waals surface area contributed by atoms with Gasteiger partial charge in [-0.15, -0.1) is 5.10 Å². The van der Waals surface area contributed by atoms with Crippen molar-refractivity contribution in [3.05, 3.63) is 54.6 Å². The average Bonchev–Trinajstić information content (AvgIpc) is 3.29. The molecule has 1 aliphatic heterocycles. The normalized spacial score (nSPS) is 14.9. The van der Waals surface area contributed by atoms with Crippen molar-refractivity contribution < 1.29 is 18.7 Å². The van der Waals surface area contributed by atoms with Gasteiger partial charge < -0.3 is 14.4 Å². The van der Waals surface area contributed by atoms with Gasteiger partial charge in [-0.25, -0.2) is 13.9 Å². The van der Waals surface area contributed by atoms with E-state index in [9.17, 15) is 9.18 Å². The van der Waals surface area contributed by atoms with E-state index in [0.717, 1.165) is 24.2 Å². The van der Waals surface area contributed by atoms with Crippen LogP contribution in [0.5, 0.6) is 5.75 Å². The van der Waals surface area contributed by atoms with Gasteiger partial charge in [0.25, 0.3) is 0 Å². The molecule has 4 rings (SSSR count). The number of rotatable bonds is 4. The number of benzene rings is 2. The smallest absolute Gasteiger partial charge is 0.410 e. The van der Waals surface area contributed by atoms with Gasteiger partial charge in [0.1, 0.15) is 29.6 Å². The number of carbonyl (C=O) groups is 1. The Morgan fingerprint density at radius 1 is 1.09 bits per heavy atom. The molecule has 0 unspecified atom stereocenters. The number of likely N-dealkylation sites (tertiary alicyclic amines) is 1. The molecule has 0 atom stereocenters. The van der Waals surface area contributed by atoms with Crippen LogP contribution in [0.1, 0.15) is 33.6 Å². The maximum Gasteiger partial charge on any atom is 0.410 e. The lowest BCUT2D eigenvalue weighted by molar-refractivity contribution is 0.0126. The van der Waals surface area contributed by atoms with Crippen molar-refractivity contribution in [1.82, 2.24) is 25.1 Å². The number of ether oxygens (including phenoxy) is 2. The summed E-state index contributed by atoms with van der Waals surface area (Å²) in [6.45, 7) is 6.77. The Bertz CT molecular complexity index is 1060. The van der Waals surface area contributed by atoms with Crippen LogP contribution in [0.15, 0.2) is 48.8 Å². The SMILES string of the molecule is CC(C)(C)OC(=O)N1CCC(Oc2ccc(-c3ccc(-n4cnnn4)cc3F)cc2)CC1. The molecule has 9 heteroatoms. The topological polar surface area (TPSA) is 82.4 Å². The fraction of sp³-hybridized carbons (Fsp3) is 0.391. The Labute approximate surface area is 185 Å². The van der Waals surface area contributed by atoms with Crippen LogP contribution in [-0.2, 0) is 4.74 Å². The summed E-state index contributed by atoms with van der Waals surface area (Å²) in [6.07, 6.45) is 2.61. The predicted octanol–water partition coefficient (Wildman–Crippen LogP) is 4.25. The summed E-state index contributed by atoms with van der Waals surface area (Å²) in [6, 6.07) is 12.2. The highest BCUT2D eigenvalue weighted by Crippen LogP contribution is 2.28. The van der Waals surface area contributed by atoms with E-state index in [1.54, 1.807) is 17.0 Å². The van der Waals surface area contributed by atoms with E-state index in [-0.39, 0.29) is 18.0 Å². The maximum atomic E-state index is 14.7. The van der Waals surface area contributed by atoms with E-state index >= 15 is 0 Å². The lowest BCUT2D eigenvalue weighted by Gasteiger charge is -2.33. The van der Waals surface area contributed by atoms with Crippen LogP contribution in [0.4, 0.5) is 9.18 Å². The van der Waals surface area contributed by atoms with Crippen molar-refractivity contribution in [3.8, 4) is 22.6 Å². The molecule has 0 N–H and O–H groups in total. The first kappa shape index (κ1) is 21.7. The largest absolute Gasteiger partial charge is 0.490 e. The van der Waals surface area contributed by atoms with Gasteiger partial charge in [0.15, 0.2) is 0 Å². The van der Waals surface area contributed by atoms with Gasteiger partial charge in [-0.3, -0.25) is 0 Å². The summed E-state index contributed by atoms with van der Waals surface area (Å²) >= 11 is 0. The Hall–Kier alpha value is -3.49. The Morgan fingerprint density at radius 3 is 2.41 bits per heavy atom. The number of aromatic nitrogens is 4. The summed E-state index contributed by atoms with van der Waals surface area (Å²) in [5.41, 5.74) is 1.28. The van der Waals surface area contributed by atoms with Gasteiger partial charge in [0.05, 0.1) is 5.69 Å². The van der Waals surface area contributed by atoms with E-state index in [4.69, 9.17) is 9.47 Å². The van der Waals surface area contributed by atoms with E-state index in [1.165, 1.54) is 17.1 Å². The molecule has 2 heterocycles. The van der Waals surface area contributed by atoms with Crippen molar-refractivity contribution in [3.63, 3.8) is 0 Å². The fourth-order valence-corrected chi connectivity index (χ4v) is 3.55. The van der Waals surface area contributed by atoms with Crippen molar-refractivity contribution in [2.75, 3.05) is 13.1 Å². The minimum atomic E-state index is -0.500. The zero-order valence-corrected chi connectivity index (χ0v) is 18.4. The molecule has 0 bridgehead atoms.